The topological polar surface area (TPSA) is 49.3 Å². The summed E-state index contributed by atoms with van der Waals surface area (Å²) in [4.78, 5) is 11.4. The molecule has 0 unspecified atom stereocenters. The van der Waals surface area contributed by atoms with Gasteiger partial charge in [-0.05, 0) is 23.6 Å². The van der Waals surface area contributed by atoms with Gasteiger partial charge in [-0.2, -0.15) is 0 Å². The Morgan fingerprint density at radius 3 is 2.69 bits per heavy atom. The number of aliphatic hydroxyl groups excluding tert-OH is 1. The fourth-order valence-corrected chi connectivity index (χ4v) is 1.41. The molecule has 16 heavy (non-hydrogen) atoms. The van der Waals surface area contributed by atoms with Crippen LogP contribution in [-0.4, -0.2) is 24.2 Å². The predicted octanol–water partition coefficient (Wildman–Crippen LogP) is 1.67. The molecule has 0 atom stereocenters. The molecular weight excluding hydrogens is 209 g/mol. The van der Waals surface area contributed by atoms with Crippen LogP contribution in [0.25, 0.3) is 0 Å². The summed E-state index contributed by atoms with van der Waals surface area (Å²) >= 11 is 0. The molecule has 0 saturated carbocycles. The van der Waals surface area contributed by atoms with Crippen molar-refractivity contribution in [3.8, 4) is 0 Å². The maximum Gasteiger partial charge on any atom is 0.251 e. The smallest absolute Gasteiger partial charge is 0.251 e. The molecule has 0 saturated heterocycles. The van der Waals surface area contributed by atoms with Crippen LogP contribution in [0, 0.1) is 5.82 Å². The van der Waals surface area contributed by atoms with Gasteiger partial charge in [-0.15, -0.1) is 0 Å². The lowest BCUT2D eigenvalue weighted by atomic mass is 10.0. The molecule has 0 aromatic heterocycles. The van der Waals surface area contributed by atoms with Gasteiger partial charge in [0, 0.05) is 12.1 Å². The first-order chi connectivity index (χ1) is 7.56. The maximum absolute atomic E-state index is 13.6. The maximum atomic E-state index is 13.6. The number of aliphatic hydroxyl groups is 1. The van der Waals surface area contributed by atoms with Crippen molar-refractivity contribution in [2.45, 2.75) is 19.8 Å². The lowest BCUT2D eigenvalue weighted by molar-refractivity contribution is 0.0944. The van der Waals surface area contributed by atoms with Gasteiger partial charge in [0.05, 0.1) is 6.61 Å². The third-order valence-corrected chi connectivity index (χ3v) is 2.28. The van der Waals surface area contributed by atoms with Crippen LogP contribution in [0.4, 0.5) is 4.39 Å². The molecule has 0 spiro atoms. The van der Waals surface area contributed by atoms with Crippen LogP contribution in [0.2, 0.25) is 0 Å². The van der Waals surface area contributed by atoms with E-state index in [9.17, 15) is 9.18 Å². The molecule has 0 fully saturated rings. The van der Waals surface area contributed by atoms with Crippen molar-refractivity contribution >= 4 is 5.91 Å². The quantitative estimate of drug-likeness (QED) is 0.819. The van der Waals surface area contributed by atoms with E-state index in [1.54, 1.807) is 12.1 Å². The highest BCUT2D eigenvalue weighted by Gasteiger charge is 2.10. The van der Waals surface area contributed by atoms with E-state index in [2.05, 4.69) is 5.32 Å². The molecule has 3 nitrogen and oxygen atoms in total. The Bertz CT molecular complexity index is 377. The van der Waals surface area contributed by atoms with E-state index >= 15 is 0 Å². The molecule has 0 bridgehead atoms. The number of halogens is 1. The van der Waals surface area contributed by atoms with Crippen LogP contribution in [0.1, 0.15) is 35.7 Å². The number of carbonyl (C=O) groups is 1. The van der Waals surface area contributed by atoms with Gasteiger partial charge in [0.1, 0.15) is 5.82 Å². The zero-order chi connectivity index (χ0) is 12.1. The lowest BCUT2D eigenvalue weighted by Crippen LogP contribution is -2.26. The zero-order valence-corrected chi connectivity index (χ0v) is 9.46. The van der Waals surface area contributed by atoms with Crippen LogP contribution in [0.5, 0.6) is 0 Å². The van der Waals surface area contributed by atoms with Crippen molar-refractivity contribution in [1.29, 1.82) is 0 Å². The largest absolute Gasteiger partial charge is 0.395 e. The molecular formula is C12H16FNO2. The number of hydrogen-bond donors (Lipinski definition) is 2. The molecule has 88 valence electrons. The first kappa shape index (κ1) is 12.6. The Kier molecular flexibility index (Phi) is 4.43. The Morgan fingerprint density at radius 1 is 1.50 bits per heavy atom. The van der Waals surface area contributed by atoms with Crippen molar-refractivity contribution in [2.24, 2.45) is 0 Å². The summed E-state index contributed by atoms with van der Waals surface area (Å²) in [5, 5.41) is 11.0. The van der Waals surface area contributed by atoms with Crippen LogP contribution in [-0.2, 0) is 0 Å². The highest BCUT2D eigenvalue weighted by molar-refractivity contribution is 5.94. The zero-order valence-electron chi connectivity index (χ0n) is 9.46. The van der Waals surface area contributed by atoms with E-state index < -0.39 is 0 Å². The summed E-state index contributed by atoms with van der Waals surface area (Å²) in [5.74, 6) is -0.649. The second kappa shape index (κ2) is 5.61. The lowest BCUT2D eigenvalue weighted by Gasteiger charge is -2.09. The number of amides is 1. The van der Waals surface area contributed by atoms with Crippen molar-refractivity contribution in [1.82, 2.24) is 5.32 Å². The Labute approximate surface area is 94.3 Å². The van der Waals surface area contributed by atoms with Crippen molar-refractivity contribution in [3.05, 3.63) is 35.1 Å². The molecule has 1 amide bonds. The highest BCUT2D eigenvalue weighted by Crippen LogP contribution is 2.19. The number of benzene rings is 1. The average Bonchev–Trinajstić information content (AvgIpc) is 2.25. The second-order valence-corrected chi connectivity index (χ2v) is 3.87. The molecule has 0 aliphatic carbocycles. The first-order valence-electron chi connectivity index (χ1n) is 5.24. The van der Waals surface area contributed by atoms with Crippen LogP contribution in [0.15, 0.2) is 18.2 Å². The Balaban J connectivity index is 2.84. The molecule has 1 rings (SSSR count). The van der Waals surface area contributed by atoms with Crippen LogP contribution < -0.4 is 5.32 Å². The molecule has 0 aliphatic rings. The standard InChI is InChI=1S/C12H16FNO2/c1-8(2)10-4-3-9(7-11(10)13)12(16)14-5-6-15/h3-4,7-8,15H,5-6H2,1-2H3,(H,14,16). The van der Waals surface area contributed by atoms with Crippen molar-refractivity contribution < 1.29 is 14.3 Å². The fraction of sp³-hybridized carbons (Fsp3) is 0.417. The van der Waals surface area contributed by atoms with Gasteiger partial charge in [-0.25, -0.2) is 4.39 Å². The molecule has 1 aromatic carbocycles. The normalized spacial score (nSPS) is 10.6. The van der Waals surface area contributed by atoms with Gasteiger partial charge in [0.15, 0.2) is 0 Å². The van der Waals surface area contributed by atoms with Gasteiger partial charge in [0.2, 0.25) is 0 Å². The number of hydrogen-bond acceptors (Lipinski definition) is 2. The Morgan fingerprint density at radius 2 is 2.19 bits per heavy atom. The summed E-state index contributed by atoms with van der Waals surface area (Å²) < 4.78 is 13.6. The molecule has 1 aromatic rings. The van der Waals surface area contributed by atoms with Crippen molar-refractivity contribution in [2.75, 3.05) is 13.2 Å². The number of carbonyl (C=O) groups excluding carboxylic acids is 1. The minimum absolute atomic E-state index is 0.0922. The summed E-state index contributed by atoms with van der Waals surface area (Å²) in [7, 11) is 0. The third kappa shape index (κ3) is 3.03. The van der Waals surface area contributed by atoms with E-state index in [0.29, 0.717) is 5.56 Å². The summed E-state index contributed by atoms with van der Waals surface area (Å²) in [5.41, 5.74) is 0.869. The van der Waals surface area contributed by atoms with Crippen LogP contribution in [0.3, 0.4) is 0 Å². The van der Waals surface area contributed by atoms with E-state index in [4.69, 9.17) is 5.11 Å². The van der Waals surface area contributed by atoms with E-state index in [0.717, 1.165) is 0 Å². The van der Waals surface area contributed by atoms with Crippen molar-refractivity contribution in [3.63, 3.8) is 0 Å². The average molecular weight is 225 g/mol. The van der Waals surface area contributed by atoms with Gasteiger partial charge in [-0.3, -0.25) is 4.79 Å². The van der Waals surface area contributed by atoms with Crippen LogP contribution >= 0.6 is 0 Å². The monoisotopic (exact) mass is 225 g/mol. The first-order valence-corrected chi connectivity index (χ1v) is 5.24. The predicted molar refractivity (Wildman–Crippen MR) is 59.9 cm³/mol. The van der Waals surface area contributed by atoms with Gasteiger partial charge in [-0.1, -0.05) is 19.9 Å². The SMILES string of the molecule is CC(C)c1ccc(C(=O)NCCO)cc1F. The highest BCUT2D eigenvalue weighted by atomic mass is 19.1. The third-order valence-electron chi connectivity index (χ3n) is 2.28. The van der Waals surface area contributed by atoms with Gasteiger partial charge in [0.25, 0.3) is 5.91 Å². The molecule has 4 heteroatoms. The molecule has 0 heterocycles. The number of rotatable bonds is 4. The van der Waals surface area contributed by atoms with Gasteiger partial charge >= 0.3 is 0 Å². The van der Waals surface area contributed by atoms with E-state index in [1.165, 1.54) is 6.07 Å². The second-order valence-electron chi connectivity index (χ2n) is 3.87. The molecule has 2 N–H and O–H groups in total. The summed E-state index contributed by atoms with van der Waals surface area (Å²) in [6, 6.07) is 4.43. The molecule has 0 aliphatic heterocycles. The summed E-state index contributed by atoms with van der Waals surface area (Å²) in [6.07, 6.45) is 0. The fourth-order valence-electron chi connectivity index (χ4n) is 1.41. The Hall–Kier alpha value is -1.42. The van der Waals surface area contributed by atoms with E-state index in [-0.39, 0.29) is 36.4 Å². The minimum atomic E-state index is -0.372. The summed E-state index contributed by atoms with van der Waals surface area (Å²) in [6.45, 7) is 3.83. The minimum Gasteiger partial charge on any atom is -0.395 e. The molecule has 0 radical (unpaired) electrons. The van der Waals surface area contributed by atoms with E-state index in [1.807, 2.05) is 13.8 Å². The number of nitrogens with one attached hydrogen (secondary N) is 1. The van der Waals surface area contributed by atoms with Gasteiger partial charge < -0.3 is 10.4 Å².